The quantitative estimate of drug-likeness (QED) is 0.639. The van der Waals surface area contributed by atoms with Gasteiger partial charge in [0, 0.05) is 12.1 Å². The molecule has 0 radical (unpaired) electrons. The van der Waals surface area contributed by atoms with E-state index in [0.29, 0.717) is 0 Å². The third-order valence-electron chi connectivity index (χ3n) is 3.89. The van der Waals surface area contributed by atoms with E-state index in [0.717, 1.165) is 12.1 Å². The van der Waals surface area contributed by atoms with Gasteiger partial charge in [0.2, 0.25) is 0 Å². The van der Waals surface area contributed by atoms with Crippen molar-refractivity contribution in [2.45, 2.75) is 44.2 Å². The molecule has 0 spiro atoms. The van der Waals surface area contributed by atoms with Gasteiger partial charge < -0.3 is 9.80 Å². The zero-order valence-corrected chi connectivity index (χ0v) is 9.00. The first kappa shape index (κ1) is 9.47. The molecule has 13 heavy (non-hydrogen) atoms. The second-order valence-corrected chi connectivity index (χ2v) is 4.79. The van der Waals surface area contributed by atoms with E-state index in [2.05, 4.69) is 23.9 Å². The average Bonchev–Trinajstić information content (AvgIpc) is 2.65. The van der Waals surface area contributed by atoms with Crippen LogP contribution in [0.1, 0.15) is 32.1 Å². The summed E-state index contributed by atoms with van der Waals surface area (Å²) in [5.41, 5.74) is 0. The van der Waals surface area contributed by atoms with Crippen molar-refractivity contribution in [2.75, 3.05) is 27.2 Å². The molecule has 0 aromatic carbocycles. The van der Waals surface area contributed by atoms with Crippen LogP contribution in [-0.4, -0.2) is 49.1 Å². The van der Waals surface area contributed by atoms with Crippen LogP contribution in [-0.2, 0) is 0 Å². The number of rotatable bonds is 2. The number of hydrogen-bond acceptors (Lipinski definition) is 2. The van der Waals surface area contributed by atoms with Crippen LogP contribution in [0.5, 0.6) is 0 Å². The van der Waals surface area contributed by atoms with Crippen LogP contribution in [0, 0.1) is 0 Å². The van der Waals surface area contributed by atoms with Crippen molar-refractivity contribution >= 4 is 0 Å². The molecule has 2 atom stereocenters. The van der Waals surface area contributed by atoms with Crippen LogP contribution < -0.4 is 0 Å². The largest absolute Gasteiger partial charge is 0.303 e. The van der Waals surface area contributed by atoms with Crippen molar-refractivity contribution in [3.05, 3.63) is 0 Å². The summed E-state index contributed by atoms with van der Waals surface area (Å²) in [5, 5.41) is 0. The number of likely N-dealkylation sites (tertiary alicyclic amines) is 2. The van der Waals surface area contributed by atoms with Crippen molar-refractivity contribution < 1.29 is 0 Å². The van der Waals surface area contributed by atoms with E-state index < -0.39 is 0 Å². The third-order valence-corrected chi connectivity index (χ3v) is 3.89. The fourth-order valence-electron chi connectivity index (χ4n) is 2.87. The molecule has 2 rings (SSSR count). The molecule has 2 fully saturated rings. The van der Waals surface area contributed by atoms with Gasteiger partial charge in [-0.15, -0.1) is 0 Å². The molecule has 76 valence electrons. The normalized spacial score (nSPS) is 37.4. The highest BCUT2D eigenvalue weighted by atomic mass is 15.2. The smallest absolute Gasteiger partial charge is 0.0108 e. The summed E-state index contributed by atoms with van der Waals surface area (Å²) in [6, 6.07) is 1.76. The predicted octanol–water partition coefficient (Wildman–Crippen LogP) is 1.56. The van der Waals surface area contributed by atoms with Gasteiger partial charge in [-0.25, -0.2) is 0 Å². The van der Waals surface area contributed by atoms with E-state index in [4.69, 9.17) is 0 Å². The SMILES string of the molecule is CN1CCCC1CC1CCCN1C. The zero-order valence-electron chi connectivity index (χ0n) is 9.00. The standard InChI is InChI=1S/C11H22N2/c1-12-7-3-5-10(12)9-11-6-4-8-13(11)2/h10-11H,3-9H2,1-2H3. The molecule has 2 aliphatic rings. The Bertz CT molecular complexity index is 151. The van der Waals surface area contributed by atoms with E-state index in [1.165, 1.54) is 45.2 Å². The van der Waals surface area contributed by atoms with Gasteiger partial charge in [-0.3, -0.25) is 0 Å². The summed E-state index contributed by atoms with van der Waals surface area (Å²) in [5.74, 6) is 0. The molecular formula is C11H22N2. The van der Waals surface area contributed by atoms with E-state index in [9.17, 15) is 0 Å². The minimum absolute atomic E-state index is 0.880. The Morgan fingerprint density at radius 2 is 1.38 bits per heavy atom. The van der Waals surface area contributed by atoms with Crippen molar-refractivity contribution in [2.24, 2.45) is 0 Å². The van der Waals surface area contributed by atoms with Crippen molar-refractivity contribution in [1.82, 2.24) is 9.80 Å². The fraction of sp³-hybridized carbons (Fsp3) is 1.00. The minimum atomic E-state index is 0.880. The monoisotopic (exact) mass is 182 g/mol. The molecule has 0 aliphatic carbocycles. The minimum Gasteiger partial charge on any atom is -0.303 e. The molecule has 0 N–H and O–H groups in total. The van der Waals surface area contributed by atoms with Gasteiger partial charge in [-0.05, 0) is 59.3 Å². The van der Waals surface area contributed by atoms with Gasteiger partial charge in [0.15, 0.2) is 0 Å². The molecule has 2 unspecified atom stereocenters. The summed E-state index contributed by atoms with van der Waals surface area (Å²) >= 11 is 0. The molecule has 2 aliphatic heterocycles. The molecule has 0 bridgehead atoms. The first-order valence-corrected chi connectivity index (χ1v) is 5.68. The zero-order chi connectivity index (χ0) is 9.26. The summed E-state index contributed by atoms with van der Waals surface area (Å²) < 4.78 is 0. The van der Waals surface area contributed by atoms with Gasteiger partial charge in [0.25, 0.3) is 0 Å². The fourth-order valence-corrected chi connectivity index (χ4v) is 2.87. The van der Waals surface area contributed by atoms with E-state index in [1.807, 2.05) is 0 Å². The van der Waals surface area contributed by atoms with Crippen molar-refractivity contribution in [1.29, 1.82) is 0 Å². The van der Waals surface area contributed by atoms with Gasteiger partial charge in [0.1, 0.15) is 0 Å². The van der Waals surface area contributed by atoms with Crippen molar-refractivity contribution in [3.63, 3.8) is 0 Å². The topological polar surface area (TPSA) is 6.48 Å². The molecule has 0 aromatic rings. The molecule has 2 saturated heterocycles. The molecule has 2 nitrogen and oxygen atoms in total. The van der Waals surface area contributed by atoms with E-state index in [-0.39, 0.29) is 0 Å². The lowest BCUT2D eigenvalue weighted by atomic mass is 10.0. The Morgan fingerprint density at radius 3 is 1.69 bits per heavy atom. The maximum absolute atomic E-state index is 2.55. The molecule has 2 heteroatoms. The van der Waals surface area contributed by atoms with Gasteiger partial charge in [-0.2, -0.15) is 0 Å². The Morgan fingerprint density at radius 1 is 0.923 bits per heavy atom. The Kier molecular flexibility index (Phi) is 2.89. The average molecular weight is 182 g/mol. The second-order valence-electron chi connectivity index (χ2n) is 4.79. The van der Waals surface area contributed by atoms with Crippen LogP contribution in [0.25, 0.3) is 0 Å². The molecule has 2 heterocycles. The van der Waals surface area contributed by atoms with Crippen LogP contribution in [0.15, 0.2) is 0 Å². The van der Waals surface area contributed by atoms with Crippen LogP contribution >= 0.6 is 0 Å². The Balaban J connectivity index is 1.82. The van der Waals surface area contributed by atoms with E-state index >= 15 is 0 Å². The van der Waals surface area contributed by atoms with Gasteiger partial charge in [-0.1, -0.05) is 0 Å². The number of hydrogen-bond donors (Lipinski definition) is 0. The predicted molar refractivity (Wildman–Crippen MR) is 55.9 cm³/mol. The molecule has 0 aromatic heterocycles. The Labute approximate surface area is 81.9 Å². The van der Waals surface area contributed by atoms with Crippen LogP contribution in [0.3, 0.4) is 0 Å². The molecule has 0 saturated carbocycles. The second kappa shape index (κ2) is 3.97. The van der Waals surface area contributed by atoms with Crippen LogP contribution in [0.2, 0.25) is 0 Å². The first-order valence-electron chi connectivity index (χ1n) is 5.68. The van der Waals surface area contributed by atoms with Gasteiger partial charge in [0.05, 0.1) is 0 Å². The highest BCUT2D eigenvalue weighted by molar-refractivity contribution is 4.85. The maximum atomic E-state index is 2.55. The Hall–Kier alpha value is -0.0800. The van der Waals surface area contributed by atoms with E-state index in [1.54, 1.807) is 0 Å². The van der Waals surface area contributed by atoms with Crippen molar-refractivity contribution in [3.8, 4) is 0 Å². The lowest BCUT2D eigenvalue weighted by Gasteiger charge is -2.26. The van der Waals surface area contributed by atoms with Gasteiger partial charge >= 0.3 is 0 Å². The number of nitrogens with zero attached hydrogens (tertiary/aromatic N) is 2. The maximum Gasteiger partial charge on any atom is 0.0108 e. The highest BCUT2D eigenvalue weighted by Gasteiger charge is 2.28. The van der Waals surface area contributed by atoms with Crippen LogP contribution in [0.4, 0.5) is 0 Å². The summed E-state index contributed by atoms with van der Waals surface area (Å²) in [6.07, 6.45) is 7.10. The molecular weight excluding hydrogens is 160 g/mol. The highest BCUT2D eigenvalue weighted by Crippen LogP contribution is 2.25. The summed E-state index contributed by atoms with van der Waals surface area (Å²) in [4.78, 5) is 5.10. The lowest BCUT2D eigenvalue weighted by molar-refractivity contribution is 0.218. The summed E-state index contributed by atoms with van der Waals surface area (Å²) in [7, 11) is 4.57. The lowest BCUT2D eigenvalue weighted by Crippen LogP contribution is -2.34. The first-order chi connectivity index (χ1) is 6.27. The molecule has 0 amide bonds. The summed E-state index contributed by atoms with van der Waals surface area (Å²) in [6.45, 7) is 2.64. The third kappa shape index (κ3) is 2.05.